The van der Waals surface area contributed by atoms with E-state index in [1.54, 1.807) is 27.9 Å². The van der Waals surface area contributed by atoms with Crippen molar-refractivity contribution in [1.82, 2.24) is 14.5 Å². The monoisotopic (exact) mass is 334 g/mol. The standard InChI is InChI=1S/C15H12Cl2N4O/c1-7-14(19-6-18-7)20-8(2)12-5-10-11(17)3-9(16)4-13(10)21(12)15(20)22/h3-6,8H,1-2H3,(H,18,19). The second kappa shape index (κ2) is 4.51. The first-order valence-electron chi connectivity index (χ1n) is 6.83. The van der Waals surface area contributed by atoms with Gasteiger partial charge in [0.2, 0.25) is 0 Å². The number of nitrogens with zero attached hydrogens (tertiary/aromatic N) is 3. The summed E-state index contributed by atoms with van der Waals surface area (Å²) in [5, 5.41) is 1.89. The van der Waals surface area contributed by atoms with Crippen molar-refractivity contribution in [1.29, 1.82) is 0 Å². The molecule has 0 bridgehead atoms. The summed E-state index contributed by atoms with van der Waals surface area (Å²) in [6, 6.07) is 5.12. The lowest BCUT2D eigenvalue weighted by molar-refractivity contribution is 0.250. The lowest BCUT2D eigenvalue weighted by atomic mass is 10.2. The summed E-state index contributed by atoms with van der Waals surface area (Å²) < 4.78 is 1.66. The van der Waals surface area contributed by atoms with Crippen LogP contribution in [0.5, 0.6) is 0 Å². The molecule has 1 aliphatic rings. The van der Waals surface area contributed by atoms with Gasteiger partial charge in [-0.1, -0.05) is 23.2 Å². The number of nitrogens with one attached hydrogen (secondary N) is 1. The number of anilines is 1. The number of imidazole rings is 1. The fourth-order valence-corrected chi connectivity index (χ4v) is 3.58. The molecular weight excluding hydrogens is 323 g/mol. The molecule has 0 aliphatic carbocycles. The van der Waals surface area contributed by atoms with Gasteiger partial charge in [-0.15, -0.1) is 0 Å². The molecule has 3 aromatic rings. The second-order valence-electron chi connectivity index (χ2n) is 5.40. The molecule has 0 saturated carbocycles. The van der Waals surface area contributed by atoms with Crippen LogP contribution in [-0.2, 0) is 0 Å². The Balaban J connectivity index is 1.96. The van der Waals surface area contributed by atoms with Crippen molar-refractivity contribution in [2.75, 3.05) is 4.90 Å². The molecule has 5 nitrogen and oxygen atoms in total. The van der Waals surface area contributed by atoms with Gasteiger partial charge in [0.25, 0.3) is 0 Å². The molecule has 3 heterocycles. The number of hydrogen-bond acceptors (Lipinski definition) is 2. The van der Waals surface area contributed by atoms with Crippen LogP contribution < -0.4 is 4.90 Å². The largest absolute Gasteiger partial charge is 0.347 e. The number of aromatic amines is 1. The summed E-state index contributed by atoms with van der Waals surface area (Å²) in [6.07, 6.45) is 1.59. The average Bonchev–Trinajstić information content (AvgIpc) is 3.08. The molecule has 1 aliphatic heterocycles. The molecule has 1 atom stereocenters. The van der Waals surface area contributed by atoms with Gasteiger partial charge in [0, 0.05) is 10.4 Å². The lowest BCUT2D eigenvalue weighted by Gasteiger charge is -2.19. The lowest BCUT2D eigenvalue weighted by Crippen LogP contribution is -2.29. The minimum atomic E-state index is -0.147. The number of hydrogen-bond donors (Lipinski definition) is 1. The predicted octanol–water partition coefficient (Wildman–Crippen LogP) is 4.53. The molecule has 7 heteroatoms. The van der Waals surface area contributed by atoms with E-state index in [4.69, 9.17) is 23.2 Å². The highest BCUT2D eigenvalue weighted by Crippen LogP contribution is 2.40. The second-order valence-corrected chi connectivity index (χ2v) is 6.25. The van der Waals surface area contributed by atoms with Crippen molar-refractivity contribution < 1.29 is 4.79 Å². The maximum Gasteiger partial charge on any atom is 0.335 e. The molecule has 0 saturated heterocycles. The van der Waals surface area contributed by atoms with Gasteiger partial charge in [-0.25, -0.2) is 9.78 Å². The topological polar surface area (TPSA) is 53.9 Å². The highest BCUT2D eigenvalue weighted by molar-refractivity contribution is 6.38. The van der Waals surface area contributed by atoms with Crippen LogP contribution in [0.1, 0.15) is 24.4 Å². The van der Waals surface area contributed by atoms with E-state index in [0.717, 1.165) is 22.3 Å². The first kappa shape index (κ1) is 13.7. The molecule has 112 valence electrons. The summed E-state index contributed by atoms with van der Waals surface area (Å²) >= 11 is 12.3. The van der Waals surface area contributed by atoms with E-state index >= 15 is 0 Å². The number of H-pyrrole nitrogens is 1. The van der Waals surface area contributed by atoms with Crippen LogP contribution in [0.4, 0.5) is 10.6 Å². The zero-order chi connectivity index (χ0) is 15.6. The van der Waals surface area contributed by atoms with Crippen molar-refractivity contribution >= 4 is 46.0 Å². The van der Waals surface area contributed by atoms with Crippen molar-refractivity contribution in [3.05, 3.63) is 46.0 Å². The summed E-state index contributed by atoms with van der Waals surface area (Å²) in [6.45, 7) is 3.86. The molecule has 1 unspecified atom stereocenters. The zero-order valence-corrected chi connectivity index (χ0v) is 13.4. The van der Waals surface area contributed by atoms with Gasteiger partial charge in [-0.3, -0.25) is 9.47 Å². The number of benzene rings is 1. The smallest absolute Gasteiger partial charge is 0.335 e. The van der Waals surface area contributed by atoms with Crippen molar-refractivity contribution in [2.24, 2.45) is 0 Å². The number of halogens is 2. The Morgan fingerprint density at radius 1 is 1.27 bits per heavy atom. The molecule has 2 aromatic heterocycles. The zero-order valence-electron chi connectivity index (χ0n) is 11.9. The Morgan fingerprint density at radius 2 is 2.05 bits per heavy atom. The Morgan fingerprint density at radius 3 is 2.73 bits per heavy atom. The Hall–Kier alpha value is -1.98. The first-order valence-corrected chi connectivity index (χ1v) is 7.58. The number of aryl methyl sites for hydroxylation is 1. The molecule has 4 rings (SSSR count). The first-order chi connectivity index (χ1) is 10.5. The normalized spacial score (nSPS) is 17.5. The Bertz CT molecular complexity index is 927. The summed E-state index contributed by atoms with van der Waals surface area (Å²) in [7, 11) is 0. The number of fused-ring (bicyclic) bond motifs is 3. The molecular formula is C15H12Cl2N4O. The van der Waals surface area contributed by atoms with E-state index in [-0.39, 0.29) is 12.1 Å². The fraction of sp³-hybridized carbons (Fsp3) is 0.200. The van der Waals surface area contributed by atoms with Crippen molar-refractivity contribution in [3.8, 4) is 0 Å². The maximum absolute atomic E-state index is 12.9. The van der Waals surface area contributed by atoms with E-state index in [1.165, 1.54) is 0 Å². The quantitative estimate of drug-likeness (QED) is 0.710. The summed E-state index contributed by atoms with van der Waals surface area (Å²) in [5.74, 6) is 0.641. The highest BCUT2D eigenvalue weighted by atomic mass is 35.5. The highest BCUT2D eigenvalue weighted by Gasteiger charge is 2.38. The molecule has 22 heavy (non-hydrogen) atoms. The van der Waals surface area contributed by atoms with Crippen molar-refractivity contribution in [3.63, 3.8) is 0 Å². The van der Waals surface area contributed by atoms with E-state index in [9.17, 15) is 4.79 Å². The van der Waals surface area contributed by atoms with Crippen LogP contribution in [-0.4, -0.2) is 20.6 Å². The van der Waals surface area contributed by atoms with E-state index < -0.39 is 0 Å². The van der Waals surface area contributed by atoms with Crippen LogP contribution in [0.15, 0.2) is 24.5 Å². The fourth-order valence-electron chi connectivity index (χ4n) is 3.05. The van der Waals surface area contributed by atoms with Crippen LogP contribution >= 0.6 is 23.2 Å². The number of amides is 1. The van der Waals surface area contributed by atoms with E-state index in [2.05, 4.69) is 9.97 Å². The van der Waals surface area contributed by atoms with Gasteiger partial charge in [0.15, 0.2) is 5.82 Å². The third-order valence-corrected chi connectivity index (χ3v) is 4.64. The predicted molar refractivity (Wildman–Crippen MR) is 87.0 cm³/mol. The van der Waals surface area contributed by atoms with E-state index in [1.807, 2.05) is 19.9 Å². The SMILES string of the molecule is Cc1[nH]cnc1N1C(=O)n2c(cc3c(Cl)cc(Cl)cc32)C1C. The molecule has 1 amide bonds. The third-order valence-electron chi connectivity index (χ3n) is 4.11. The van der Waals surface area contributed by atoms with Crippen LogP contribution in [0, 0.1) is 6.92 Å². The van der Waals surface area contributed by atoms with Gasteiger partial charge in [-0.05, 0) is 32.0 Å². The van der Waals surface area contributed by atoms with Crippen LogP contribution in [0.25, 0.3) is 10.9 Å². The molecule has 0 fully saturated rings. The average molecular weight is 335 g/mol. The van der Waals surface area contributed by atoms with Gasteiger partial charge in [0.05, 0.1) is 34.3 Å². The van der Waals surface area contributed by atoms with Gasteiger partial charge >= 0.3 is 6.03 Å². The number of aromatic nitrogens is 3. The minimum Gasteiger partial charge on any atom is -0.347 e. The number of rotatable bonds is 1. The third kappa shape index (κ3) is 1.66. The van der Waals surface area contributed by atoms with Gasteiger partial charge in [-0.2, -0.15) is 0 Å². The number of carbonyl (C=O) groups excluding carboxylic acids is 1. The van der Waals surface area contributed by atoms with Crippen molar-refractivity contribution in [2.45, 2.75) is 19.9 Å². The van der Waals surface area contributed by atoms with E-state index in [0.29, 0.717) is 15.9 Å². The maximum atomic E-state index is 12.9. The molecule has 1 N–H and O–H groups in total. The molecule has 1 aromatic carbocycles. The van der Waals surface area contributed by atoms with Crippen LogP contribution in [0.2, 0.25) is 10.0 Å². The summed E-state index contributed by atoms with van der Waals surface area (Å²) in [4.78, 5) is 21.8. The molecule has 0 spiro atoms. The van der Waals surface area contributed by atoms with Gasteiger partial charge < -0.3 is 4.98 Å². The summed E-state index contributed by atoms with van der Waals surface area (Å²) in [5.41, 5.74) is 2.46. The van der Waals surface area contributed by atoms with Gasteiger partial charge in [0.1, 0.15) is 0 Å². The minimum absolute atomic E-state index is 0.128. The Kier molecular flexibility index (Phi) is 2.80. The molecule has 0 radical (unpaired) electrons. The Labute approximate surface area is 136 Å². The number of carbonyl (C=O) groups is 1. The van der Waals surface area contributed by atoms with Crippen LogP contribution in [0.3, 0.4) is 0 Å².